The van der Waals surface area contributed by atoms with Crippen LogP contribution in [0.4, 0.5) is 33.9 Å². The molecule has 2 aromatic heterocycles. The fraction of sp³-hybridized carbons (Fsp3) is 0.297. The van der Waals surface area contributed by atoms with E-state index in [1.165, 1.54) is 34.8 Å². The van der Waals surface area contributed by atoms with Crippen LogP contribution in [0.2, 0.25) is 0 Å². The second kappa shape index (κ2) is 15.4. The summed E-state index contributed by atoms with van der Waals surface area (Å²) >= 11 is 0. The zero-order valence-electron chi connectivity index (χ0n) is 29.4. The van der Waals surface area contributed by atoms with Crippen molar-refractivity contribution in [1.29, 1.82) is 0 Å². The number of fused-ring (bicyclic) bond motifs is 1. The summed E-state index contributed by atoms with van der Waals surface area (Å²) in [6.07, 6.45) is 2.11. The Morgan fingerprint density at radius 3 is 2.20 bits per heavy atom. The fourth-order valence-electron chi connectivity index (χ4n) is 5.90. The van der Waals surface area contributed by atoms with Crippen molar-refractivity contribution in [2.75, 3.05) is 43.1 Å². The molecule has 1 N–H and O–H groups in total. The number of alkyl halides is 2. The quantitative estimate of drug-likeness (QED) is 0.114. The Bertz CT molecular complexity index is 2270. The number of halogens is 4. The van der Waals surface area contributed by atoms with E-state index < -0.39 is 64.1 Å². The number of rotatable bonds is 11. The SMILES string of the molecule is Cc1ccc(-n2nc(C(C)(CF)CF)cc2NC(=O)N(OS(C)(=O)=O)c2cnc(OC3CCN(C(=O)c4c(F)cccc4F)CC3)c3ccccc23)cc1. The molecule has 3 heterocycles. The molecular formula is C37H36F4N6O6S. The van der Waals surface area contributed by atoms with Gasteiger partial charge in [-0.15, -0.1) is 9.35 Å². The molecule has 6 rings (SSSR count). The highest BCUT2D eigenvalue weighted by Gasteiger charge is 2.34. The smallest absolute Gasteiger partial charge is 0.352 e. The molecule has 1 aliphatic rings. The van der Waals surface area contributed by atoms with Crippen molar-refractivity contribution in [3.63, 3.8) is 0 Å². The predicted octanol–water partition coefficient (Wildman–Crippen LogP) is 6.82. The first-order valence-corrected chi connectivity index (χ1v) is 18.6. The first-order chi connectivity index (χ1) is 25.7. The standard InChI is InChI=1S/C37H36F4N6O6S/c1-23-11-13-24(14-12-23)46-32(19-31(44-46)37(2,21-38)22-39)43-36(49)47(53-54(3,50)51)30-20-42-34(27-8-5-4-7-26(27)30)52-25-15-17-45(18-16-25)35(48)33-28(40)9-6-10-29(33)41/h4-14,19-20,25H,15-18,21-22H2,1-3H3,(H,43,49). The number of hydrogen-bond acceptors (Lipinski definition) is 8. The van der Waals surface area contributed by atoms with Crippen LogP contribution in [0, 0.1) is 18.6 Å². The van der Waals surface area contributed by atoms with Gasteiger partial charge in [0.1, 0.15) is 48.2 Å². The topological polar surface area (TPSA) is 136 Å². The van der Waals surface area contributed by atoms with Crippen LogP contribution < -0.4 is 15.1 Å². The van der Waals surface area contributed by atoms with E-state index in [9.17, 15) is 35.6 Å². The molecule has 0 atom stereocenters. The number of carbonyl (C=O) groups excluding carboxylic acids is 2. The van der Waals surface area contributed by atoms with Gasteiger partial charge in [-0.3, -0.25) is 10.1 Å². The molecule has 0 unspecified atom stereocenters. The summed E-state index contributed by atoms with van der Waals surface area (Å²) in [5, 5.41) is 8.16. The number of piperidine rings is 1. The maximum Gasteiger partial charge on any atom is 0.352 e. The molecular weight excluding hydrogens is 733 g/mol. The lowest BCUT2D eigenvalue weighted by Crippen LogP contribution is -2.42. The van der Waals surface area contributed by atoms with Crippen LogP contribution in [-0.2, 0) is 19.8 Å². The number of hydrogen-bond donors (Lipinski definition) is 1. The van der Waals surface area contributed by atoms with Crippen LogP contribution in [0.3, 0.4) is 0 Å². The highest BCUT2D eigenvalue weighted by molar-refractivity contribution is 7.86. The molecule has 1 fully saturated rings. The first-order valence-electron chi connectivity index (χ1n) is 16.8. The van der Waals surface area contributed by atoms with E-state index in [-0.39, 0.29) is 36.2 Å². The molecule has 1 saturated heterocycles. The number of ether oxygens (including phenoxy) is 1. The van der Waals surface area contributed by atoms with Crippen molar-refractivity contribution in [2.24, 2.45) is 0 Å². The third kappa shape index (κ3) is 8.01. The van der Waals surface area contributed by atoms with Crippen molar-refractivity contribution in [2.45, 2.75) is 38.2 Å². The van der Waals surface area contributed by atoms with Crippen LogP contribution in [-0.4, -0.2) is 78.8 Å². The van der Waals surface area contributed by atoms with Gasteiger partial charge in [0, 0.05) is 42.8 Å². The Hall–Kier alpha value is -5.55. The number of carbonyl (C=O) groups is 2. The van der Waals surface area contributed by atoms with Crippen LogP contribution >= 0.6 is 0 Å². The lowest BCUT2D eigenvalue weighted by atomic mass is 9.90. The summed E-state index contributed by atoms with van der Waals surface area (Å²) in [6, 6.07) is 16.9. The monoisotopic (exact) mass is 768 g/mol. The minimum Gasteiger partial charge on any atom is -0.474 e. The largest absolute Gasteiger partial charge is 0.474 e. The van der Waals surface area contributed by atoms with Gasteiger partial charge < -0.3 is 9.64 Å². The third-order valence-corrected chi connectivity index (χ3v) is 9.39. The Morgan fingerprint density at radius 1 is 0.963 bits per heavy atom. The summed E-state index contributed by atoms with van der Waals surface area (Å²) in [5.74, 6) is -2.56. The highest BCUT2D eigenvalue weighted by Crippen LogP contribution is 2.35. The molecule has 284 valence electrons. The number of pyridine rings is 1. The molecule has 0 bridgehead atoms. The predicted molar refractivity (Wildman–Crippen MR) is 193 cm³/mol. The zero-order valence-corrected chi connectivity index (χ0v) is 30.2. The Balaban J connectivity index is 1.28. The number of likely N-dealkylation sites (tertiary alicyclic amines) is 1. The summed E-state index contributed by atoms with van der Waals surface area (Å²) in [6.45, 7) is 1.35. The van der Waals surface area contributed by atoms with E-state index in [2.05, 4.69) is 15.4 Å². The van der Waals surface area contributed by atoms with Gasteiger partial charge in [-0.1, -0.05) is 42.0 Å². The maximum atomic E-state index is 14.3. The van der Waals surface area contributed by atoms with Crippen molar-refractivity contribution in [3.05, 3.63) is 107 Å². The Labute approximate surface area is 308 Å². The van der Waals surface area contributed by atoms with Gasteiger partial charge >= 0.3 is 6.03 Å². The maximum absolute atomic E-state index is 14.3. The van der Waals surface area contributed by atoms with Crippen molar-refractivity contribution < 1.29 is 44.6 Å². The average Bonchev–Trinajstić information content (AvgIpc) is 3.58. The van der Waals surface area contributed by atoms with Gasteiger partial charge in [-0.25, -0.2) is 32.0 Å². The normalized spacial score (nSPS) is 13.9. The van der Waals surface area contributed by atoms with Crippen LogP contribution in [0.25, 0.3) is 16.5 Å². The number of nitrogens with one attached hydrogen (secondary N) is 1. The molecule has 5 aromatic rings. The lowest BCUT2D eigenvalue weighted by molar-refractivity contribution is 0.0582. The van der Waals surface area contributed by atoms with E-state index in [1.54, 1.807) is 48.5 Å². The molecule has 0 spiro atoms. The minimum absolute atomic E-state index is 0.00201. The first kappa shape index (κ1) is 38.2. The van der Waals surface area contributed by atoms with E-state index >= 15 is 0 Å². The van der Waals surface area contributed by atoms with Gasteiger partial charge in [0.05, 0.1) is 29.2 Å². The molecule has 3 amide bonds. The number of hydroxylamine groups is 1. The number of aryl methyl sites for hydroxylation is 1. The number of aromatic nitrogens is 3. The van der Waals surface area contributed by atoms with Crippen molar-refractivity contribution >= 4 is 44.3 Å². The van der Waals surface area contributed by atoms with Gasteiger partial charge in [0.2, 0.25) is 5.88 Å². The number of urea groups is 1. The Morgan fingerprint density at radius 2 is 1.59 bits per heavy atom. The Kier molecular flexibility index (Phi) is 10.9. The molecule has 54 heavy (non-hydrogen) atoms. The lowest BCUT2D eigenvalue weighted by Gasteiger charge is -2.32. The molecule has 17 heteroatoms. The number of benzene rings is 3. The van der Waals surface area contributed by atoms with E-state index in [0.29, 0.717) is 34.4 Å². The van der Waals surface area contributed by atoms with E-state index in [1.807, 2.05) is 6.92 Å². The summed E-state index contributed by atoms with van der Waals surface area (Å²) < 4.78 is 94.4. The van der Waals surface area contributed by atoms with Gasteiger partial charge in [0.15, 0.2) is 0 Å². The average molecular weight is 769 g/mol. The van der Waals surface area contributed by atoms with Crippen LogP contribution in [0.15, 0.2) is 79.0 Å². The highest BCUT2D eigenvalue weighted by atomic mass is 32.2. The summed E-state index contributed by atoms with van der Waals surface area (Å²) in [5.41, 5.74) is -0.970. The number of anilines is 2. The van der Waals surface area contributed by atoms with Crippen LogP contribution in [0.5, 0.6) is 5.88 Å². The summed E-state index contributed by atoms with van der Waals surface area (Å²) in [4.78, 5) is 32.6. The zero-order chi connectivity index (χ0) is 38.8. The van der Waals surface area contributed by atoms with Gasteiger partial charge in [-0.05, 0) is 44.2 Å². The number of nitrogens with zero attached hydrogens (tertiary/aromatic N) is 5. The van der Waals surface area contributed by atoms with Gasteiger partial charge in [0.25, 0.3) is 16.0 Å². The number of amides is 3. The molecule has 12 nitrogen and oxygen atoms in total. The van der Waals surface area contributed by atoms with E-state index in [0.717, 1.165) is 24.0 Å². The van der Waals surface area contributed by atoms with Crippen molar-refractivity contribution in [3.8, 4) is 11.6 Å². The summed E-state index contributed by atoms with van der Waals surface area (Å²) in [7, 11) is -4.34. The third-order valence-electron chi connectivity index (χ3n) is 8.97. The van der Waals surface area contributed by atoms with Gasteiger partial charge in [-0.2, -0.15) is 13.5 Å². The molecule has 0 saturated carbocycles. The molecule has 0 aliphatic carbocycles. The minimum atomic E-state index is -4.34. The van der Waals surface area contributed by atoms with E-state index in [4.69, 9.17) is 9.02 Å². The molecule has 0 radical (unpaired) electrons. The fourth-order valence-corrected chi connectivity index (χ4v) is 6.32. The van der Waals surface area contributed by atoms with Crippen LogP contribution in [0.1, 0.15) is 41.4 Å². The molecule has 1 aliphatic heterocycles. The molecule has 3 aromatic carbocycles. The van der Waals surface area contributed by atoms with Crippen molar-refractivity contribution in [1.82, 2.24) is 19.7 Å². The second-order valence-corrected chi connectivity index (χ2v) is 14.8. The second-order valence-electron chi connectivity index (χ2n) is 13.2.